The summed E-state index contributed by atoms with van der Waals surface area (Å²) in [6.45, 7) is 3.86. The first-order chi connectivity index (χ1) is 9.13. The molecule has 1 saturated heterocycles. The Hall–Kier alpha value is -2.16. The molecule has 104 valence electrons. The van der Waals surface area contributed by atoms with E-state index in [0.29, 0.717) is 26.2 Å². The van der Waals surface area contributed by atoms with Crippen LogP contribution in [0.2, 0.25) is 0 Å². The summed E-state index contributed by atoms with van der Waals surface area (Å²) in [5.74, 6) is -0.126. The molecule has 0 aromatic carbocycles. The molecule has 9 heteroatoms. The van der Waals surface area contributed by atoms with Gasteiger partial charge in [0.1, 0.15) is 6.04 Å². The van der Waals surface area contributed by atoms with Crippen LogP contribution in [-0.4, -0.2) is 53.3 Å². The number of rotatable bonds is 3. The maximum atomic E-state index is 12.0. The fraction of sp³-hybridized carbons (Fsp3) is 0.600. The molecule has 1 aromatic rings. The third kappa shape index (κ3) is 2.81. The van der Waals surface area contributed by atoms with Crippen LogP contribution >= 0.6 is 0 Å². The zero-order chi connectivity index (χ0) is 13.8. The van der Waals surface area contributed by atoms with Gasteiger partial charge in [-0.05, 0) is 6.92 Å². The molecule has 1 aliphatic heterocycles. The molecule has 1 fully saturated rings. The van der Waals surface area contributed by atoms with E-state index in [1.165, 1.54) is 0 Å². The number of H-pyrrole nitrogens is 2. The van der Waals surface area contributed by atoms with Crippen LogP contribution in [0.25, 0.3) is 0 Å². The molecule has 0 saturated carbocycles. The fourth-order valence-corrected chi connectivity index (χ4v) is 2.02. The van der Waals surface area contributed by atoms with E-state index in [1.807, 2.05) is 6.92 Å². The number of hydrogen-bond acceptors (Lipinski definition) is 6. The third-order valence-corrected chi connectivity index (χ3v) is 2.86. The van der Waals surface area contributed by atoms with Crippen molar-refractivity contribution in [2.45, 2.75) is 13.0 Å². The van der Waals surface area contributed by atoms with Gasteiger partial charge in [-0.15, -0.1) is 5.10 Å². The first-order valence-electron chi connectivity index (χ1n) is 6.07. The Labute approximate surface area is 108 Å². The van der Waals surface area contributed by atoms with E-state index in [1.54, 1.807) is 4.90 Å². The van der Waals surface area contributed by atoms with Crippen molar-refractivity contribution in [1.82, 2.24) is 25.8 Å². The summed E-state index contributed by atoms with van der Waals surface area (Å²) < 4.78 is 0. The summed E-state index contributed by atoms with van der Waals surface area (Å²) in [6.07, 6.45) is 0. The molecule has 0 bridgehead atoms. The smallest absolute Gasteiger partial charge is 0.342 e. The van der Waals surface area contributed by atoms with Gasteiger partial charge < -0.3 is 15.5 Å². The van der Waals surface area contributed by atoms with Crippen molar-refractivity contribution >= 4 is 11.7 Å². The molecule has 1 aromatic heterocycles. The zero-order valence-corrected chi connectivity index (χ0v) is 10.5. The second-order valence-corrected chi connectivity index (χ2v) is 4.14. The van der Waals surface area contributed by atoms with Crippen LogP contribution in [0.1, 0.15) is 6.92 Å². The lowest BCUT2D eigenvalue weighted by Crippen LogP contribution is -2.59. The Kier molecular flexibility index (Phi) is 3.95. The van der Waals surface area contributed by atoms with Crippen LogP contribution in [0.5, 0.6) is 0 Å². The molecule has 1 aliphatic rings. The average Bonchev–Trinajstić information content (AvgIpc) is 2.39. The van der Waals surface area contributed by atoms with E-state index in [4.69, 9.17) is 0 Å². The standard InChI is InChI=1S/C10H16N6O3/c1-2-12-8(17)6-5-11-3-4-16(6)7-9(18)13-10(19)15-14-7/h6,11H,2-5H2,1H3,(H,12,17)(H2,13,15,18,19). The average molecular weight is 268 g/mol. The van der Waals surface area contributed by atoms with E-state index in [0.717, 1.165) is 0 Å². The number of carbonyl (C=O) groups is 1. The van der Waals surface area contributed by atoms with Crippen molar-refractivity contribution in [2.75, 3.05) is 31.1 Å². The van der Waals surface area contributed by atoms with Gasteiger partial charge in [0.25, 0.3) is 5.56 Å². The predicted octanol–water partition coefficient (Wildman–Crippen LogP) is -2.63. The molecule has 0 aliphatic carbocycles. The van der Waals surface area contributed by atoms with Gasteiger partial charge >= 0.3 is 5.69 Å². The topological polar surface area (TPSA) is 123 Å². The van der Waals surface area contributed by atoms with Gasteiger partial charge in [-0.3, -0.25) is 14.6 Å². The molecule has 1 unspecified atom stereocenters. The second-order valence-electron chi connectivity index (χ2n) is 4.14. The van der Waals surface area contributed by atoms with Gasteiger partial charge in [-0.25, -0.2) is 9.89 Å². The van der Waals surface area contributed by atoms with Crippen LogP contribution in [0.4, 0.5) is 5.82 Å². The quantitative estimate of drug-likeness (QED) is 0.475. The van der Waals surface area contributed by atoms with Crippen LogP contribution in [0, 0.1) is 0 Å². The zero-order valence-electron chi connectivity index (χ0n) is 10.5. The molecule has 2 heterocycles. The lowest BCUT2D eigenvalue weighted by atomic mass is 10.2. The van der Waals surface area contributed by atoms with E-state index in [-0.39, 0.29) is 11.7 Å². The van der Waals surface area contributed by atoms with E-state index >= 15 is 0 Å². The summed E-state index contributed by atoms with van der Waals surface area (Å²) >= 11 is 0. The monoisotopic (exact) mass is 268 g/mol. The molecule has 4 N–H and O–H groups in total. The van der Waals surface area contributed by atoms with Gasteiger partial charge in [0.05, 0.1) is 0 Å². The molecule has 2 rings (SSSR count). The highest BCUT2D eigenvalue weighted by atomic mass is 16.2. The number of hydrogen-bond donors (Lipinski definition) is 4. The Bertz CT molecular complexity index is 565. The van der Waals surface area contributed by atoms with Gasteiger partial charge in [0.15, 0.2) is 0 Å². The summed E-state index contributed by atoms with van der Waals surface area (Å²) in [7, 11) is 0. The van der Waals surface area contributed by atoms with Crippen molar-refractivity contribution in [2.24, 2.45) is 0 Å². The lowest BCUT2D eigenvalue weighted by Gasteiger charge is -2.34. The van der Waals surface area contributed by atoms with Crippen LogP contribution < -0.4 is 26.8 Å². The van der Waals surface area contributed by atoms with Gasteiger partial charge in [-0.2, -0.15) is 0 Å². The maximum absolute atomic E-state index is 12.0. The number of carbonyl (C=O) groups excluding carboxylic acids is 1. The van der Waals surface area contributed by atoms with Gasteiger partial charge in [-0.1, -0.05) is 0 Å². The number of nitrogens with zero attached hydrogens (tertiary/aromatic N) is 2. The molecule has 1 amide bonds. The fourth-order valence-electron chi connectivity index (χ4n) is 2.02. The minimum absolute atomic E-state index is 0.0531. The largest absolute Gasteiger partial charge is 0.355 e. The number of anilines is 1. The van der Waals surface area contributed by atoms with Gasteiger partial charge in [0.2, 0.25) is 11.7 Å². The first kappa shape index (κ1) is 13.3. The first-order valence-corrected chi connectivity index (χ1v) is 6.07. The maximum Gasteiger partial charge on any atom is 0.342 e. The summed E-state index contributed by atoms with van der Waals surface area (Å²) in [5.41, 5.74) is -1.27. The summed E-state index contributed by atoms with van der Waals surface area (Å²) in [5, 5.41) is 11.7. The molecule has 19 heavy (non-hydrogen) atoms. The number of aromatic nitrogens is 3. The molecule has 0 radical (unpaired) electrons. The Morgan fingerprint density at radius 3 is 3.00 bits per heavy atom. The third-order valence-electron chi connectivity index (χ3n) is 2.86. The molecule has 0 spiro atoms. The van der Waals surface area contributed by atoms with E-state index < -0.39 is 17.3 Å². The summed E-state index contributed by atoms with van der Waals surface area (Å²) in [4.78, 5) is 38.3. The highest BCUT2D eigenvalue weighted by Gasteiger charge is 2.30. The highest BCUT2D eigenvalue weighted by molar-refractivity contribution is 5.85. The van der Waals surface area contributed by atoms with Crippen LogP contribution in [-0.2, 0) is 4.79 Å². The number of nitrogens with one attached hydrogen (secondary N) is 4. The molecule has 1 atom stereocenters. The number of aromatic amines is 2. The molecule has 9 nitrogen and oxygen atoms in total. The van der Waals surface area contributed by atoms with Crippen molar-refractivity contribution in [1.29, 1.82) is 0 Å². The number of piperazine rings is 1. The Morgan fingerprint density at radius 2 is 2.32 bits per heavy atom. The molecular formula is C10H16N6O3. The normalized spacial score (nSPS) is 19.2. The predicted molar refractivity (Wildman–Crippen MR) is 68.2 cm³/mol. The van der Waals surface area contributed by atoms with Crippen molar-refractivity contribution in [3.8, 4) is 0 Å². The Morgan fingerprint density at radius 1 is 1.53 bits per heavy atom. The minimum Gasteiger partial charge on any atom is -0.355 e. The second kappa shape index (κ2) is 5.65. The van der Waals surface area contributed by atoms with E-state index in [9.17, 15) is 14.4 Å². The van der Waals surface area contributed by atoms with Crippen LogP contribution in [0.15, 0.2) is 9.59 Å². The van der Waals surface area contributed by atoms with Crippen molar-refractivity contribution < 1.29 is 4.79 Å². The summed E-state index contributed by atoms with van der Waals surface area (Å²) in [6, 6.07) is -0.520. The lowest BCUT2D eigenvalue weighted by molar-refractivity contribution is -0.122. The SMILES string of the molecule is CCNC(=O)C1CNCCN1c1n[nH]c(=O)[nH]c1=O. The minimum atomic E-state index is -0.668. The van der Waals surface area contributed by atoms with Crippen molar-refractivity contribution in [3.05, 3.63) is 20.8 Å². The number of amides is 1. The van der Waals surface area contributed by atoms with Crippen LogP contribution in [0.3, 0.4) is 0 Å². The molecular weight excluding hydrogens is 252 g/mol. The van der Waals surface area contributed by atoms with Gasteiger partial charge in [0, 0.05) is 26.2 Å². The highest BCUT2D eigenvalue weighted by Crippen LogP contribution is 2.09. The Balaban J connectivity index is 2.31. The number of likely N-dealkylation sites (N-methyl/N-ethyl adjacent to an activating group) is 1. The van der Waals surface area contributed by atoms with Crippen molar-refractivity contribution in [3.63, 3.8) is 0 Å². The van der Waals surface area contributed by atoms with E-state index in [2.05, 4.69) is 25.8 Å².